The zero-order chi connectivity index (χ0) is 34.7. The number of carboxylic acid groups (broad SMARTS) is 1. The molecule has 8 N–H and O–H groups in total. The lowest BCUT2D eigenvalue weighted by Crippen LogP contribution is -2.44. The van der Waals surface area contributed by atoms with E-state index in [1.807, 2.05) is 11.0 Å². The zero-order valence-corrected chi connectivity index (χ0v) is 26.7. The van der Waals surface area contributed by atoms with Crippen molar-refractivity contribution in [3.8, 4) is 0 Å². The fourth-order valence-electron chi connectivity index (χ4n) is 5.28. The number of nitrogen functional groups attached to an aromatic ring is 1. The van der Waals surface area contributed by atoms with Crippen molar-refractivity contribution in [3.05, 3.63) is 121 Å². The SMILES string of the molecule is COC(=O)c1ccc([C@@H](NC(=O)c2cc(C(=O)O)n3ccnc3n2)C(N)=O)cc1.Cl.NCc1ccc2c(c1)CN(c1c(N)c(=O)c1=O)CC2. The van der Waals surface area contributed by atoms with Crippen LogP contribution in [0.15, 0.2) is 70.5 Å². The summed E-state index contributed by atoms with van der Waals surface area (Å²) in [6.07, 6.45) is 3.58. The van der Waals surface area contributed by atoms with Crippen LogP contribution < -0.4 is 38.3 Å². The van der Waals surface area contributed by atoms with E-state index in [9.17, 15) is 33.9 Å². The number of carboxylic acids is 1. The molecule has 2 aromatic heterocycles. The average Bonchev–Trinajstić information content (AvgIpc) is 3.58. The predicted octanol–water partition coefficient (Wildman–Crippen LogP) is 0.479. The smallest absolute Gasteiger partial charge is 0.353 e. The number of nitrogens with two attached hydrogens (primary N) is 3. The summed E-state index contributed by atoms with van der Waals surface area (Å²) in [6, 6.07) is 11.7. The van der Waals surface area contributed by atoms with Crippen LogP contribution in [0.2, 0.25) is 0 Å². The van der Waals surface area contributed by atoms with Gasteiger partial charge in [-0.05, 0) is 40.8 Å². The van der Waals surface area contributed by atoms with Crippen LogP contribution in [-0.4, -0.2) is 56.9 Å². The van der Waals surface area contributed by atoms with Gasteiger partial charge in [-0.15, -0.1) is 12.4 Å². The van der Waals surface area contributed by atoms with Crippen LogP contribution >= 0.6 is 12.4 Å². The summed E-state index contributed by atoms with van der Waals surface area (Å²) in [5, 5.41) is 11.7. The van der Waals surface area contributed by atoms with E-state index in [2.05, 4.69) is 32.2 Å². The molecule has 0 saturated carbocycles. The lowest BCUT2D eigenvalue weighted by Gasteiger charge is -2.31. The van der Waals surface area contributed by atoms with Gasteiger partial charge < -0.3 is 37.3 Å². The maximum Gasteiger partial charge on any atom is 0.353 e. The highest BCUT2D eigenvalue weighted by molar-refractivity contribution is 5.98. The Morgan fingerprint density at radius 3 is 2.37 bits per heavy atom. The zero-order valence-electron chi connectivity index (χ0n) is 25.9. The molecule has 5 aromatic rings. The van der Waals surface area contributed by atoms with E-state index in [-0.39, 0.29) is 40.8 Å². The van der Waals surface area contributed by atoms with Crippen LogP contribution in [0.1, 0.15) is 59.6 Å². The van der Waals surface area contributed by atoms with Crippen LogP contribution in [-0.2, 0) is 29.0 Å². The molecule has 0 saturated heterocycles. The molecule has 0 spiro atoms. The monoisotopic (exact) mass is 690 g/mol. The fraction of sp³-hybridized carbons (Fsp3) is 0.188. The molecule has 0 radical (unpaired) electrons. The van der Waals surface area contributed by atoms with E-state index in [0.717, 1.165) is 23.6 Å². The second-order valence-corrected chi connectivity index (χ2v) is 10.8. The molecule has 3 aromatic carbocycles. The third-order valence-corrected chi connectivity index (χ3v) is 7.81. The molecule has 3 heterocycles. The summed E-state index contributed by atoms with van der Waals surface area (Å²) in [5.41, 5.74) is 19.7. The van der Waals surface area contributed by atoms with Crippen molar-refractivity contribution in [2.45, 2.75) is 25.6 Å². The number of imidazole rings is 1. The maximum atomic E-state index is 12.6. The van der Waals surface area contributed by atoms with Gasteiger partial charge in [-0.2, -0.15) is 0 Å². The molecule has 0 aliphatic carbocycles. The Labute approximate surface area is 283 Å². The summed E-state index contributed by atoms with van der Waals surface area (Å²) < 4.78 is 5.81. The number of halogens is 1. The number of nitrogens with one attached hydrogen (secondary N) is 1. The van der Waals surface area contributed by atoms with Crippen molar-refractivity contribution in [2.24, 2.45) is 11.5 Å². The largest absolute Gasteiger partial charge is 0.477 e. The van der Waals surface area contributed by atoms with E-state index < -0.39 is 40.7 Å². The topological polar surface area (TPSA) is 255 Å². The van der Waals surface area contributed by atoms with E-state index in [0.29, 0.717) is 30.9 Å². The number of esters is 1. The highest BCUT2D eigenvalue weighted by Gasteiger charge is 2.27. The molecular formula is C32H31ClN8O8. The molecule has 254 valence electrons. The molecule has 0 unspecified atom stereocenters. The molecule has 0 bridgehead atoms. The van der Waals surface area contributed by atoms with Crippen molar-refractivity contribution >= 4 is 53.3 Å². The minimum Gasteiger partial charge on any atom is -0.477 e. The third-order valence-electron chi connectivity index (χ3n) is 7.81. The number of anilines is 2. The number of hydrogen-bond donors (Lipinski definition) is 5. The second kappa shape index (κ2) is 14.7. The minimum atomic E-state index is -1.28. The first kappa shape index (κ1) is 35.7. The Morgan fingerprint density at radius 1 is 1.04 bits per heavy atom. The van der Waals surface area contributed by atoms with Crippen molar-refractivity contribution in [2.75, 3.05) is 24.3 Å². The standard InChI is InChI=1S/C18H15N5O6.C14H15N3O2.ClH/c1-29-17(28)10-4-2-9(3-5-10)13(14(19)24)22-15(25)11-8-12(16(26)27)23-7-6-20-18(23)21-11;15-6-8-1-2-9-3-4-17(7-10(9)5-8)12-11(16)13(18)14(12)19;/h2-8,13H,1H3,(H2,19,24)(H,22,25)(H,26,27);1-2,5H,3-4,6-7,15-16H2;1H/t13-;;/m1../s1. The molecular weight excluding hydrogens is 660 g/mol. The van der Waals surface area contributed by atoms with E-state index in [1.165, 1.54) is 53.7 Å². The molecule has 17 heteroatoms. The van der Waals surface area contributed by atoms with Crippen molar-refractivity contribution < 1.29 is 29.0 Å². The minimum absolute atomic E-state index is 0. The van der Waals surface area contributed by atoms with Gasteiger partial charge >= 0.3 is 11.9 Å². The Bertz CT molecular complexity index is 2140. The van der Waals surface area contributed by atoms with Gasteiger partial charge in [0.2, 0.25) is 11.7 Å². The number of methoxy groups -OCH3 is 1. The van der Waals surface area contributed by atoms with Crippen molar-refractivity contribution in [3.63, 3.8) is 0 Å². The fourth-order valence-corrected chi connectivity index (χ4v) is 5.28. The lowest BCUT2D eigenvalue weighted by atomic mass is 9.96. The van der Waals surface area contributed by atoms with Gasteiger partial charge in [0.15, 0.2) is 0 Å². The Morgan fingerprint density at radius 2 is 1.76 bits per heavy atom. The number of aromatic carboxylic acids is 1. The number of amides is 2. The Balaban J connectivity index is 0.000000234. The molecule has 1 aliphatic heterocycles. The summed E-state index contributed by atoms with van der Waals surface area (Å²) in [6.45, 7) is 1.82. The number of rotatable bonds is 8. The summed E-state index contributed by atoms with van der Waals surface area (Å²) in [4.78, 5) is 79.9. The summed E-state index contributed by atoms with van der Waals surface area (Å²) in [5.74, 6) is -3.51. The van der Waals surface area contributed by atoms with E-state index >= 15 is 0 Å². The lowest BCUT2D eigenvalue weighted by molar-refractivity contribution is -0.120. The Hall–Kier alpha value is -6.13. The predicted molar refractivity (Wildman–Crippen MR) is 179 cm³/mol. The molecule has 1 atom stereocenters. The average molecular weight is 691 g/mol. The molecule has 1 aliphatic rings. The normalized spacial score (nSPS) is 12.6. The highest BCUT2D eigenvalue weighted by atomic mass is 35.5. The molecule has 49 heavy (non-hydrogen) atoms. The van der Waals surface area contributed by atoms with Crippen LogP contribution in [0.5, 0.6) is 0 Å². The molecule has 6 rings (SSSR count). The van der Waals surface area contributed by atoms with Crippen LogP contribution in [0.25, 0.3) is 5.78 Å². The number of nitrogens with zero attached hydrogens (tertiary/aromatic N) is 4. The third kappa shape index (κ3) is 7.24. The number of carbonyl (C=O) groups is 4. The van der Waals surface area contributed by atoms with Gasteiger partial charge in [-0.3, -0.25) is 23.6 Å². The molecule has 16 nitrogen and oxygen atoms in total. The maximum absolute atomic E-state index is 12.6. The van der Waals surface area contributed by atoms with Crippen LogP contribution in [0, 0.1) is 0 Å². The number of carbonyl (C=O) groups excluding carboxylic acids is 3. The van der Waals surface area contributed by atoms with Gasteiger partial charge in [0, 0.05) is 38.1 Å². The van der Waals surface area contributed by atoms with Gasteiger partial charge in [-0.25, -0.2) is 19.6 Å². The number of ether oxygens (including phenoxy) is 1. The Kier molecular flexibility index (Phi) is 10.7. The van der Waals surface area contributed by atoms with E-state index in [4.69, 9.17) is 17.2 Å². The number of aromatic nitrogens is 3. The molecule has 0 fully saturated rings. The van der Waals surface area contributed by atoms with Gasteiger partial charge in [0.05, 0.1) is 12.7 Å². The van der Waals surface area contributed by atoms with Gasteiger partial charge in [0.25, 0.3) is 16.8 Å². The first-order valence-electron chi connectivity index (χ1n) is 14.4. The summed E-state index contributed by atoms with van der Waals surface area (Å²) >= 11 is 0. The van der Waals surface area contributed by atoms with Crippen molar-refractivity contribution in [1.82, 2.24) is 19.7 Å². The van der Waals surface area contributed by atoms with Crippen LogP contribution in [0.3, 0.4) is 0 Å². The number of fused-ring (bicyclic) bond motifs is 2. The van der Waals surface area contributed by atoms with Gasteiger partial charge in [0.1, 0.15) is 28.8 Å². The van der Waals surface area contributed by atoms with Gasteiger partial charge in [-0.1, -0.05) is 30.3 Å². The summed E-state index contributed by atoms with van der Waals surface area (Å²) in [7, 11) is 1.23. The molecule has 2 amide bonds. The second-order valence-electron chi connectivity index (χ2n) is 10.8. The first-order chi connectivity index (χ1) is 22.9. The number of primary amides is 1. The van der Waals surface area contributed by atoms with Crippen molar-refractivity contribution in [1.29, 1.82) is 0 Å². The first-order valence-corrected chi connectivity index (χ1v) is 14.4. The highest BCUT2D eigenvalue weighted by Crippen LogP contribution is 2.26. The number of hydrogen-bond acceptors (Lipinski definition) is 12. The number of benzene rings is 2. The van der Waals surface area contributed by atoms with E-state index in [1.54, 1.807) is 0 Å². The van der Waals surface area contributed by atoms with Crippen LogP contribution in [0.4, 0.5) is 11.4 Å². The quantitative estimate of drug-likeness (QED) is 0.110.